The monoisotopic (exact) mass is 533 g/mol. The predicted molar refractivity (Wildman–Crippen MR) is 115 cm³/mol. The Morgan fingerprint density at radius 3 is 2.34 bits per heavy atom. The molecule has 0 radical (unpaired) electrons. The van der Waals surface area contributed by atoms with Crippen LogP contribution in [0.5, 0.6) is 0 Å². The number of fused-ring (bicyclic) bond motifs is 1. The Morgan fingerprint density at radius 2 is 1.78 bits per heavy atom. The van der Waals surface area contributed by atoms with Crippen LogP contribution in [-0.4, -0.2) is 40.4 Å². The molecule has 0 amide bonds. The van der Waals surface area contributed by atoms with E-state index in [2.05, 4.69) is 25.9 Å². The molecule has 0 aliphatic rings. The number of sulfone groups is 1. The number of nitrogens with zero attached hydrogens (tertiary/aromatic N) is 3. The first-order valence-corrected chi connectivity index (χ1v) is 11.8. The van der Waals surface area contributed by atoms with Crippen molar-refractivity contribution in [2.75, 3.05) is 5.75 Å². The SMILES string of the molecule is CCS(=O)(=O)c1cc(Br)cnc1-c1cc2ncc(C(F)(F)F)cc2n1C(=O)OC(C)(C)C. The zero-order chi connectivity index (χ0) is 24.1. The van der Waals surface area contributed by atoms with Gasteiger partial charge in [0.2, 0.25) is 0 Å². The third kappa shape index (κ3) is 4.80. The minimum Gasteiger partial charge on any atom is -0.443 e. The highest BCUT2D eigenvalue weighted by Gasteiger charge is 2.33. The van der Waals surface area contributed by atoms with Crippen molar-refractivity contribution >= 4 is 42.9 Å². The van der Waals surface area contributed by atoms with E-state index in [0.29, 0.717) is 10.7 Å². The van der Waals surface area contributed by atoms with Crippen LogP contribution in [0.3, 0.4) is 0 Å². The van der Waals surface area contributed by atoms with E-state index in [1.165, 1.54) is 25.3 Å². The van der Waals surface area contributed by atoms with Crippen LogP contribution in [0.25, 0.3) is 22.4 Å². The molecule has 0 spiro atoms. The number of aromatic nitrogens is 3. The standard InChI is InChI=1S/C20H19BrF3N3O4S/c1-5-32(29,30)16-7-12(21)10-26-17(16)15-8-13-14(6-11(9-25-13)20(22,23)24)27(15)18(28)31-19(2,3)4/h6-10H,5H2,1-4H3. The molecule has 0 saturated carbocycles. The first-order chi connectivity index (χ1) is 14.6. The Kier molecular flexibility index (Phi) is 6.15. The number of ether oxygens (including phenoxy) is 1. The van der Waals surface area contributed by atoms with E-state index in [-0.39, 0.29) is 33.1 Å². The van der Waals surface area contributed by atoms with E-state index in [9.17, 15) is 26.4 Å². The molecular weight excluding hydrogens is 515 g/mol. The molecule has 7 nitrogen and oxygen atoms in total. The number of carbonyl (C=O) groups is 1. The van der Waals surface area contributed by atoms with E-state index >= 15 is 0 Å². The normalized spacial score (nSPS) is 12.9. The first kappa shape index (κ1) is 24.2. The summed E-state index contributed by atoms with van der Waals surface area (Å²) in [6.07, 6.45) is -3.72. The van der Waals surface area contributed by atoms with Crippen LogP contribution in [-0.2, 0) is 20.8 Å². The molecule has 3 aromatic heterocycles. The summed E-state index contributed by atoms with van der Waals surface area (Å²) in [4.78, 5) is 20.8. The topological polar surface area (TPSA) is 91.1 Å². The maximum Gasteiger partial charge on any atom is 0.419 e. The zero-order valence-corrected chi connectivity index (χ0v) is 19.9. The molecule has 3 heterocycles. The number of hydrogen-bond donors (Lipinski definition) is 0. The lowest BCUT2D eigenvalue weighted by atomic mass is 10.2. The van der Waals surface area contributed by atoms with Gasteiger partial charge in [0.1, 0.15) is 11.3 Å². The molecule has 0 unspecified atom stereocenters. The van der Waals surface area contributed by atoms with Gasteiger partial charge < -0.3 is 4.74 Å². The van der Waals surface area contributed by atoms with Crippen molar-refractivity contribution in [2.45, 2.75) is 44.4 Å². The van der Waals surface area contributed by atoms with Crippen LogP contribution < -0.4 is 0 Å². The second-order valence-electron chi connectivity index (χ2n) is 7.88. The fraction of sp³-hybridized carbons (Fsp3) is 0.350. The van der Waals surface area contributed by atoms with Gasteiger partial charge in [-0.15, -0.1) is 0 Å². The van der Waals surface area contributed by atoms with E-state index in [1.54, 1.807) is 20.8 Å². The average Bonchev–Trinajstić information content (AvgIpc) is 3.04. The van der Waals surface area contributed by atoms with Gasteiger partial charge in [-0.05, 0) is 54.9 Å². The number of pyridine rings is 2. The van der Waals surface area contributed by atoms with Gasteiger partial charge in [0.25, 0.3) is 0 Å². The van der Waals surface area contributed by atoms with Crippen molar-refractivity contribution in [2.24, 2.45) is 0 Å². The largest absolute Gasteiger partial charge is 0.443 e. The molecule has 3 rings (SSSR count). The van der Waals surface area contributed by atoms with Crippen molar-refractivity contribution in [3.8, 4) is 11.4 Å². The fourth-order valence-corrected chi connectivity index (χ4v) is 4.47. The van der Waals surface area contributed by atoms with E-state index in [0.717, 1.165) is 10.6 Å². The summed E-state index contributed by atoms with van der Waals surface area (Å²) >= 11 is 3.18. The van der Waals surface area contributed by atoms with Crippen molar-refractivity contribution < 1.29 is 31.1 Å². The molecule has 0 aromatic carbocycles. The highest BCUT2D eigenvalue weighted by Crippen LogP contribution is 2.36. The van der Waals surface area contributed by atoms with Crippen LogP contribution in [0.1, 0.15) is 33.3 Å². The minimum atomic E-state index is -4.70. The van der Waals surface area contributed by atoms with Crippen molar-refractivity contribution in [3.05, 3.63) is 40.6 Å². The van der Waals surface area contributed by atoms with Gasteiger partial charge >= 0.3 is 12.3 Å². The minimum absolute atomic E-state index is 0.0448. The predicted octanol–water partition coefficient (Wildman–Crippen LogP) is 5.46. The van der Waals surface area contributed by atoms with E-state index in [1.807, 2.05) is 0 Å². The zero-order valence-electron chi connectivity index (χ0n) is 17.5. The second kappa shape index (κ2) is 8.14. The summed E-state index contributed by atoms with van der Waals surface area (Å²) in [5.74, 6) is -0.249. The molecule has 3 aromatic rings. The van der Waals surface area contributed by atoms with Gasteiger partial charge in [0.05, 0.1) is 32.9 Å². The molecule has 172 valence electrons. The summed E-state index contributed by atoms with van der Waals surface area (Å²) < 4.78 is 71.9. The molecule has 0 bridgehead atoms. The van der Waals surface area contributed by atoms with Crippen LogP contribution >= 0.6 is 15.9 Å². The molecule has 0 N–H and O–H groups in total. The lowest BCUT2D eigenvalue weighted by Gasteiger charge is -2.21. The maximum atomic E-state index is 13.3. The Bertz CT molecular complexity index is 1310. The number of hydrogen-bond acceptors (Lipinski definition) is 6. The number of alkyl halides is 3. The van der Waals surface area contributed by atoms with E-state index < -0.39 is 33.3 Å². The summed E-state index contributed by atoms with van der Waals surface area (Å²) in [6.45, 7) is 6.24. The molecule has 32 heavy (non-hydrogen) atoms. The van der Waals surface area contributed by atoms with Gasteiger partial charge in [0, 0.05) is 16.9 Å². The number of carbonyl (C=O) groups excluding carboxylic acids is 1. The molecule has 0 fully saturated rings. The lowest BCUT2D eigenvalue weighted by Crippen LogP contribution is -2.27. The van der Waals surface area contributed by atoms with Gasteiger partial charge in [-0.3, -0.25) is 9.97 Å². The van der Waals surface area contributed by atoms with E-state index in [4.69, 9.17) is 4.74 Å². The molecular formula is C20H19BrF3N3O4S. The van der Waals surface area contributed by atoms with Crippen molar-refractivity contribution in [1.29, 1.82) is 0 Å². The average molecular weight is 534 g/mol. The molecule has 0 atom stereocenters. The molecule has 0 aliphatic carbocycles. The fourth-order valence-electron chi connectivity index (χ4n) is 2.92. The third-order valence-electron chi connectivity index (χ3n) is 4.33. The molecule has 12 heteroatoms. The van der Waals surface area contributed by atoms with Gasteiger partial charge in [0.15, 0.2) is 9.84 Å². The summed E-state index contributed by atoms with van der Waals surface area (Å²) in [5, 5.41) is 0. The Morgan fingerprint density at radius 1 is 1.12 bits per heavy atom. The number of halogens is 4. The smallest absolute Gasteiger partial charge is 0.419 e. The van der Waals surface area contributed by atoms with Gasteiger partial charge in [-0.2, -0.15) is 13.2 Å². The second-order valence-corrected chi connectivity index (χ2v) is 11.0. The van der Waals surface area contributed by atoms with Gasteiger partial charge in [-0.1, -0.05) is 6.92 Å². The van der Waals surface area contributed by atoms with Crippen molar-refractivity contribution in [1.82, 2.24) is 14.5 Å². The highest BCUT2D eigenvalue weighted by molar-refractivity contribution is 9.10. The summed E-state index contributed by atoms with van der Waals surface area (Å²) in [7, 11) is -3.80. The van der Waals surface area contributed by atoms with Crippen LogP contribution in [0.15, 0.2) is 40.0 Å². The Balaban J connectivity index is 2.40. The summed E-state index contributed by atoms with van der Waals surface area (Å²) in [6, 6.07) is 3.40. The lowest BCUT2D eigenvalue weighted by molar-refractivity contribution is -0.137. The Hall–Kier alpha value is -2.47. The maximum absolute atomic E-state index is 13.3. The van der Waals surface area contributed by atoms with Crippen LogP contribution in [0.4, 0.5) is 18.0 Å². The van der Waals surface area contributed by atoms with Crippen LogP contribution in [0.2, 0.25) is 0 Å². The quantitative estimate of drug-likeness (QED) is 0.444. The molecule has 0 aliphatic heterocycles. The van der Waals surface area contributed by atoms with Crippen molar-refractivity contribution in [3.63, 3.8) is 0 Å². The number of rotatable bonds is 3. The first-order valence-electron chi connectivity index (χ1n) is 9.35. The molecule has 0 saturated heterocycles. The Labute approximate surface area is 190 Å². The van der Waals surface area contributed by atoms with Crippen LogP contribution in [0, 0.1) is 0 Å². The summed E-state index contributed by atoms with van der Waals surface area (Å²) in [5.41, 5.74) is -2.33. The third-order valence-corrected chi connectivity index (χ3v) is 6.51. The van der Waals surface area contributed by atoms with Gasteiger partial charge in [-0.25, -0.2) is 17.8 Å². The highest BCUT2D eigenvalue weighted by atomic mass is 79.9.